The summed E-state index contributed by atoms with van der Waals surface area (Å²) in [4.78, 5) is 6.81. The van der Waals surface area contributed by atoms with Gasteiger partial charge in [0.15, 0.2) is 0 Å². The number of hydrazine groups is 1. The van der Waals surface area contributed by atoms with E-state index < -0.39 is 0 Å². The molecule has 120 valence electrons. The summed E-state index contributed by atoms with van der Waals surface area (Å²) in [7, 11) is 0. The zero-order valence-electron chi connectivity index (χ0n) is 12.6. The Kier molecular flexibility index (Phi) is 5.08. The van der Waals surface area contributed by atoms with Crippen LogP contribution in [-0.2, 0) is 4.74 Å². The first kappa shape index (κ1) is 15.9. The fraction of sp³-hybridized carbons (Fsp3) is 0.533. The second kappa shape index (κ2) is 7.04. The molecule has 0 saturated carbocycles. The van der Waals surface area contributed by atoms with Crippen LogP contribution in [0.15, 0.2) is 23.2 Å². The van der Waals surface area contributed by atoms with Crippen LogP contribution in [0.5, 0.6) is 0 Å². The van der Waals surface area contributed by atoms with Crippen molar-refractivity contribution in [1.82, 2.24) is 10.3 Å². The summed E-state index contributed by atoms with van der Waals surface area (Å²) < 4.78 is 5.98. The average Bonchev–Trinajstić information content (AvgIpc) is 2.90. The summed E-state index contributed by atoms with van der Waals surface area (Å²) in [5, 5.41) is 2.91. The van der Waals surface area contributed by atoms with Crippen LogP contribution < -0.4 is 10.4 Å². The van der Waals surface area contributed by atoms with Gasteiger partial charge in [0.2, 0.25) is 6.35 Å². The van der Waals surface area contributed by atoms with E-state index in [0.29, 0.717) is 16.8 Å². The fourth-order valence-corrected chi connectivity index (χ4v) is 2.97. The van der Waals surface area contributed by atoms with Gasteiger partial charge in [-0.05, 0) is 38.0 Å². The van der Waals surface area contributed by atoms with E-state index >= 15 is 0 Å². The number of likely N-dealkylation sites (tertiary alicyclic amines) is 1. The molecule has 1 N–H and O–H groups in total. The van der Waals surface area contributed by atoms with Gasteiger partial charge in [-0.2, -0.15) is 0 Å². The van der Waals surface area contributed by atoms with E-state index in [1.54, 1.807) is 6.07 Å². The molecule has 1 atom stereocenters. The predicted molar refractivity (Wildman–Crippen MR) is 90.3 cm³/mol. The molecule has 0 aliphatic carbocycles. The fourth-order valence-electron chi connectivity index (χ4n) is 2.68. The molecule has 0 bridgehead atoms. The van der Waals surface area contributed by atoms with Crippen LogP contribution in [0.2, 0.25) is 10.0 Å². The first-order valence-electron chi connectivity index (χ1n) is 7.53. The number of hydrogen-bond donors (Lipinski definition) is 1. The van der Waals surface area contributed by atoms with Gasteiger partial charge < -0.3 is 4.74 Å². The molecule has 1 unspecified atom stereocenters. The van der Waals surface area contributed by atoms with Crippen LogP contribution in [0, 0.1) is 0 Å². The SMILES string of the molecule is CC1=NC(OCN2CCCCC2)N(c2ccc(Cl)c(Cl)c2)N1. The maximum atomic E-state index is 6.10. The van der Waals surface area contributed by atoms with Gasteiger partial charge in [-0.25, -0.2) is 10.0 Å². The molecule has 2 aliphatic rings. The highest BCUT2D eigenvalue weighted by Crippen LogP contribution is 2.29. The van der Waals surface area contributed by atoms with E-state index in [2.05, 4.69) is 15.3 Å². The maximum Gasteiger partial charge on any atom is 0.248 e. The molecule has 22 heavy (non-hydrogen) atoms. The third-order valence-corrected chi connectivity index (χ3v) is 4.58. The van der Waals surface area contributed by atoms with Crippen molar-refractivity contribution in [2.24, 2.45) is 4.99 Å². The average molecular weight is 343 g/mol. The zero-order chi connectivity index (χ0) is 15.5. The van der Waals surface area contributed by atoms with Crippen molar-refractivity contribution >= 4 is 34.7 Å². The molecule has 1 fully saturated rings. The molecular weight excluding hydrogens is 323 g/mol. The van der Waals surface area contributed by atoms with Crippen LogP contribution in [0.25, 0.3) is 0 Å². The van der Waals surface area contributed by atoms with Gasteiger partial charge in [-0.15, -0.1) is 0 Å². The molecule has 0 radical (unpaired) electrons. The van der Waals surface area contributed by atoms with Gasteiger partial charge in [-0.3, -0.25) is 10.3 Å². The molecular formula is C15H20Cl2N4O. The Hall–Kier alpha value is -1.01. The number of anilines is 1. The minimum atomic E-state index is -0.390. The quantitative estimate of drug-likeness (QED) is 0.909. The largest absolute Gasteiger partial charge is 0.322 e. The van der Waals surface area contributed by atoms with Crippen molar-refractivity contribution in [3.63, 3.8) is 0 Å². The number of nitrogens with zero attached hydrogens (tertiary/aromatic N) is 3. The Labute approximate surface area is 140 Å². The normalized spacial score (nSPS) is 22.6. The number of amidine groups is 1. The highest BCUT2D eigenvalue weighted by molar-refractivity contribution is 6.42. The minimum absolute atomic E-state index is 0.390. The molecule has 0 spiro atoms. The highest BCUT2D eigenvalue weighted by atomic mass is 35.5. The monoisotopic (exact) mass is 342 g/mol. The molecule has 2 aliphatic heterocycles. The number of piperidine rings is 1. The highest BCUT2D eigenvalue weighted by Gasteiger charge is 2.26. The Balaban J connectivity index is 1.66. The van der Waals surface area contributed by atoms with Crippen molar-refractivity contribution < 1.29 is 4.74 Å². The molecule has 1 aromatic carbocycles. The number of hydrogen-bond acceptors (Lipinski definition) is 5. The van der Waals surface area contributed by atoms with Crippen molar-refractivity contribution in [2.75, 3.05) is 24.8 Å². The predicted octanol–water partition coefficient (Wildman–Crippen LogP) is 3.48. The van der Waals surface area contributed by atoms with Crippen LogP contribution in [0.1, 0.15) is 26.2 Å². The first-order valence-corrected chi connectivity index (χ1v) is 8.28. The summed E-state index contributed by atoms with van der Waals surface area (Å²) in [6.07, 6.45) is 3.41. The molecule has 0 amide bonds. The van der Waals surface area contributed by atoms with E-state index in [0.717, 1.165) is 24.6 Å². The third-order valence-electron chi connectivity index (χ3n) is 3.84. The van der Waals surface area contributed by atoms with Gasteiger partial charge in [0.25, 0.3) is 0 Å². The number of halogens is 2. The van der Waals surface area contributed by atoms with Gasteiger partial charge in [0.1, 0.15) is 12.6 Å². The van der Waals surface area contributed by atoms with Gasteiger partial charge in [0, 0.05) is 13.1 Å². The summed E-state index contributed by atoms with van der Waals surface area (Å²) in [6, 6.07) is 5.48. The van der Waals surface area contributed by atoms with E-state index in [-0.39, 0.29) is 6.35 Å². The number of rotatable bonds is 4. The van der Waals surface area contributed by atoms with E-state index in [1.165, 1.54) is 19.3 Å². The molecule has 5 nitrogen and oxygen atoms in total. The van der Waals surface area contributed by atoms with Gasteiger partial charge >= 0.3 is 0 Å². The summed E-state index contributed by atoms with van der Waals surface area (Å²) in [6.45, 7) is 4.68. The summed E-state index contributed by atoms with van der Waals surface area (Å²) >= 11 is 12.1. The Morgan fingerprint density at radius 3 is 2.73 bits per heavy atom. The summed E-state index contributed by atoms with van der Waals surface area (Å²) in [5.74, 6) is 0.815. The molecule has 0 aromatic heterocycles. The Bertz CT molecular complexity index is 560. The van der Waals surface area contributed by atoms with Crippen molar-refractivity contribution in [1.29, 1.82) is 0 Å². The second-order valence-corrected chi connectivity index (χ2v) is 6.41. The van der Waals surface area contributed by atoms with Crippen LogP contribution >= 0.6 is 23.2 Å². The van der Waals surface area contributed by atoms with Gasteiger partial charge in [0.05, 0.1) is 15.7 Å². The van der Waals surface area contributed by atoms with Crippen molar-refractivity contribution in [3.05, 3.63) is 28.2 Å². The van der Waals surface area contributed by atoms with E-state index in [1.807, 2.05) is 24.1 Å². The standard InChI is InChI=1S/C15H20Cl2N4O/c1-11-18-15(22-10-20-7-3-2-4-8-20)21(19-11)12-5-6-13(16)14(17)9-12/h5-6,9,15H,2-4,7-8,10H2,1H3,(H,18,19). The Morgan fingerprint density at radius 1 is 1.23 bits per heavy atom. The Morgan fingerprint density at radius 2 is 2.00 bits per heavy atom. The number of aliphatic imine (C=N–C) groups is 1. The van der Waals surface area contributed by atoms with E-state index in [9.17, 15) is 0 Å². The summed E-state index contributed by atoms with van der Waals surface area (Å²) in [5.41, 5.74) is 4.07. The zero-order valence-corrected chi connectivity index (χ0v) is 14.1. The molecule has 7 heteroatoms. The lowest BCUT2D eigenvalue weighted by atomic mass is 10.1. The molecule has 3 rings (SSSR count). The van der Waals surface area contributed by atoms with Crippen LogP contribution in [-0.4, -0.2) is 36.9 Å². The van der Waals surface area contributed by atoms with E-state index in [4.69, 9.17) is 27.9 Å². The number of ether oxygens (including phenoxy) is 1. The van der Waals surface area contributed by atoms with Crippen molar-refractivity contribution in [2.45, 2.75) is 32.5 Å². The van der Waals surface area contributed by atoms with Crippen LogP contribution in [0.3, 0.4) is 0 Å². The molecule has 1 aromatic rings. The topological polar surface area (TPSA) is 40.1 Å². The first-order chi connectivity index (χ1) is 10.6. The van der Waals surface area contributed by atoms with Crippen LogP contribution in [0.4, 0.5) is 5.69 Å². The number of benzene rings is 1. The molecule has 1 saturated heterocycles. The smallest absolute Gasteiger partial charge is 0.248 e. The minimum Gasteiger partial charge on any atom is -0.322 e. The lowest BCUT2D eigenvalue weighted by Crippen LogP contribution is -2.43. The third kappa shape index (κ3) is 3.66. The van der Waals surface area contributed by atoms with Gasteiger partial charge in [-0.1, -0.05) is 29.6 Å². The second-order valence-electron chi connectivity index (χ2n) is 5.60. The lowest BCUT2D eigenvalue weighted by molar-refractivity contribution is -0.0244. The molecule has 2 heterocycles. The maximum absolute atomic E-state index is 6.10. The number of nitrogens with one attached hydrogen (secondary N) is 1. The lowest BCUT2D eigenvalue weighted by Gasteiger charge is -2.30. The van der Waals surface area contributed by atoms with Crippen molar-refractivity contribution in [3.8, 4) is 0 Å².